The largest absolute Gasteiger partial charge is 0.491 e. The number of halogens is 1. The summed E-state index contributed by atoms with van der Waals surface area (Å²) >= 11 is 0. The highest BCUT2D eigenvalue weighted by Gasteiger charge is 2.30. The Labute approximate surface area is 92.1 Å². The average molecular weight is 224 g/mol. The highest BCUT2D eigenvalue weighted by atomic mass is 19.1. The SMILES string of the molecule is CCOC(=O)c1cc2c(cc1F)COB2O. The van der Waals surface area contributed by atoms with Gasteiger partial charge in [0.2, 0.25) is 0 Å². The maximum Gasteiger partial charge on any atom is 0.491 e. The topological polar surface area (TPSA) is 55.8 Å². The van der Waals surface area contributed by atoms with Crippen LogP contribution in [0.3, 0.4) is 0 Å². The number of benzene rings is 1. The fraction of sp³-hybridized carbons (Fsp3) is 0.300. The number of carbonyl (C=O) groups is 1. The van der Waals surface area contributed by atoms with E-state index in [1.54, 1.807) is 6.92 Å². The molecule has 0 saturated heterocycles. The van der Waals surface area contributed by atoms with E-state index in [4.69, 9.17) is 9.39 Å². The van der Waals surface area contributed by atoms with Crippen LogP contribution < -0.4 is 5.46 Å². The van der Waals surface area contributed by atoms with Crippen LogP contribution >= 0.6 is 0 Å². The summed E-state index contributed by atoms with van der Waals surface area (Å²) in [6.07, 6.45) is 0. The maximum atomic E-state index is 13.5. The van der Waals surface area contributed by atoms with Crippen molar-refractivity contribution in [2.75, 3.05) is 6.61 Å². The lowest BCUT2D eigenvalue weighted by Crippen LogP contribution is -2.29. The Balaban J connectivity index is 2.40. The van der Waals surface area contributed by atoms with Crippen molar-refractivity contribution in [2.45, 2.75) is 13.5 Å². The molecule has 1 N–H and O–H groups in total. The van der Waals surface area contributed by atoms with Crippen LogP contribution in [0.2, 0.25) is 0 Å². The average Bonchev–Trinajstić information content (AvgIpc) is 2.59. The minimum Gasteiger partial charge on any atom is -0.462 e. The summed E-state index contributed by atoms with van der Waals surface area (Å²) in [7, 11) is -1.09. The summed E-state index contributed by atoms with van der Waals surface area (Å²) in [6, 6.07) is 2.47. The van der Waals surface area contributed by atoms with E-state index in [0.717, 1.165) is 0 Å². The van der Waals surface area contributed by atoms with Crippen LogP contribution in [0.5, 0.6) is 0 Å². The molecule has 16 heavy (non-hydrogen) atoms. The van der Waals surface area contributed by atoms with Crippen molar-refractivity contribution in [1.29, 1.82) is 0 Å². The van der Waals surface area contributed by atoms with Gasteiger partial charge in [0.1, 0.15) is 5.82 Å². The molecule has 0 spiro atoms. The molecule has 1 aromatic carbocycles. The van der Waals surface area contributed by atoms with E-state index in [9.17, 15) is 14.2 Å². The molecule has 0 amide bonds. The fourth-order valence-electron chi connectivity index (χ4n) is 1.61. The predicted molar refractivity (Wildman–Crippen MR) is 54.8 cm³/mol. The summed E-state index contributed by atoms with van der Waals surface area (Å²) in [5.41, 5.74) is 0.799. The molecule has 6 heteroatoms. The Morgan fingerprint density at radius 3 is 3.12 bits per heavy atom. The van der Waals surface area contributed by atoms with Gasteiger partial charge in [0, 0.05) is 0 Å². The van der Waals surface area contributed by atoms with Gasteiger partial charge in [-0.15, -0.1) is 0 Å². The van der Waals surface area contributed by atoms with E-state index in [0.29, 0.717) is 11.0 Å². The Kier molecular flexibility index (Phi) is 2.94. The lowest BCUT2D eigenvalue weighted by molar-refractivity contribution is 0.0521. The summed E-state index contributed by atoms with van der Waals surface area (Å²) in [4.78, 5) is 11.4. The van der Waals surface area contributed by atoms with E-state index in [1.165, 1.54) is 12.1 Å². The summed E-state index contributed by atoms with van der Waals surface area (Å²) in [5, 5.41) is 9.41. The van der Waals surface area contributed by atoms with Crippen molar-refractivity contribution < 1.29 is 23.6 Å². The molecule has 0 saturated carbocycles. The molecule has 1 aliphatic heterocycles. The molecular formula is C10H10BFO4. The van der Waals surface area contributed by atoms with Gasteiger partial charge in [0.05, 0.1) is 18.8 Å². The minimum atomic E-state index is -1.09. The van der Waals surface area contributed by atoms with Crippen LogP contribution in [0.25, 0.3) is 0 Å². The molecule has 2 rings (SSSR count). The Bertz CT molecular complexity index is 435. The van der Waals surface area contributed by atoms with Crippen molar-refractivity contribution in [1.82, 2.24) is 0 Å². The zero-order valence-corrected chi connectivity index (χ0v) is 8.70. The molecule has 1 aliphatic rings. The second-order valence-electron chi connectivity index (χ2n) is 3.41. The highest BCUT2D eigenvalue weighted by molar-refractivity contribution is 6.61. The first kappa shape index (κ1) is 11.1. The van der Waals surface area contributed by atoms with E-state index in [2.05, 4.69) is 0 Å². The van der Waals surface area contributed by atoms with Crippen molar-refractivity contribution in [2.24, 2.45) is 0 Å². The van der Waals surface area contributed by atoms with Crippen molar-refractivity contribution >= 4 is 18.6 Å². The summed E-state index contributed by atoms with van der Waals surface area (Å²) < 4.78 is 23.1. The van der Waals surface area contributed by atoms with E-state index >= 15 is 0 Å². The van der Waals surface area contributed by atoms with Gasteiger partial charge in [-0.1, -0.05) is 0 Å². The first-order chi connectivity index (χ1) is 7.63. The van der Waals surface area contributed by atoms with Crippen LogP contribution in [0.15, 0.2) is 12.1 Å². The third-order valence-corrected chi connectivity index (χ3v) is 2.39. The van der Waals surface area contributed by atoms with E-state index in [1.807, 2.05) is 0 Å². The van der Waals surface area contributed by atoms with Gasteiger partial charge in [0.25, 0.3) is 0 Å². The number of ether oxygens (including phenoxy) is 1. The van der Waals surface area contributed by atoms with Crippen molar-refractivity contribution in [3.63, 3.8) is 0 Å². The minimum absolute atomic E-state index is 0.149. The second kappa shape index (κ2) is 4.23. The lowest BCUT2D eigenvalue weighted by atomic mass is 9.78. The molecule has 0 radical (unpaired) electrons. The maximum absolute atomic E-state index is 13.5. The highest BCUT2D eigenvalue weighted by Crippen LogP contribution is 2.16. The zero-order chi connectivity index (χ0) is 11.7. The van der Waals surface area contributed by atoms with Gasteiger partial charge in [-0.3, -0.25) is 0 Å². The molecule has 0 atom stereocenters. The second-order valence-corrected chi connectivity index (χ2v) is 3.41. The molecule has 0 bridgehead atoms. The van der Waals surface area contributed by atoms with Gasteiger partial charge >= 0.3 is 13.1 Å². The predicted octanol–water partition coefficient (Wildman–Crippen LogP) is 0.220. The monoisotopic (exact) mass is 224 g/mol. The van der Waals surface area contributed by atoms with Gasteiger partial charge in [-0.05, 0) is 30.1 Å². The first-order valence-electron chi connectivity index (χ1n) is 4.92. The third-order valence-electron chi connectivity index (χ3n) is 2.39. The number of carbonyl (C=O) groups excluding carboxylic acids is 1. The molecule has 4 nitrogen and oxygen atoms in total. The quantitative estimate of drug-likeness (QED) is 0.576. The number of hydrogen-bond donors (Lipinski definition) is 1. The van der Waals surface area contributed by atoms with Crippen molar-refractivity contribution in [3.8, 4) is 0 Å². The summed E-state index contributed by atoms with van der Waals surface area (Å²) in [6.45, 7) is 1.96. The van der Waals surface area contributed by atoms with Crippen LogP contribution in [-0.2, 0) is 16.0 Å². The van der Waals surface area contributed by atoms with Gasteiger partial charge < -0.3 is 14.4 Å². The molecule has 84 valence electrons. The molecule has 0 aromatic heterocycles. The molecule has 0 aliphatic carbocycles. The Morgan fingerprint density at radius 2 is 2.44 bits per heavy atom. The fourth-order valence-corrected chi connectivity index (χ4v) is 1.61. The number of hydrogen-bond acceptors (Lipinski definition) is 4. The molecule has 0 fully saturated rings. The molecule has 1 heterocycles. The Morgan fingerprint density at radius 1 is 1.69 bits per heavy atom. The smallest absolute Gasteiger partial charge is 0.462 e. The number of esters is 1. The Hall–Kier alpha value is -1.40. The van der Waals surface area contributed by atoms with Gasteiger partial charge in [0.15, 0.2) is 0 Å². The van der Waals surface area contributed by atoms with Crippen LogP contribution in [0, 0.1) is 5.82 Å². The lowest BCUT2D eigenvalue weighted by Gasteiger charge is -2.05. The van der Waals surface area contributed by atoms with Crippen LogP contribution in [-0.4, -0.2) is 24.7 Å². The molecule has 1 aromatic rings. The molecule has 0 unspecified atom stereocenters. The van der Waals surface area contributed by atoms with Crippen LogP contribution in [0.1, 0.15) is 22.8 Å². The van der Waals surface area contributed by atoms with E-state index in [-0.39, 0.29) is 18.8 Å². The normalized spacial score (nSPS) is 13.8. The zero-order valence-electron chi connectivity index (χ0n) is 8.70. The molecular weight excluding hydrogens is 214 g/mol. The van der Waals surface area contributed by atoms with Gasteiger partial charge in [-0.2, -0.15) is 0 Å². The third kappa shape index (κ3) is 1.81. The van der Waals surface area contributed by atoms with Crippen LogP contribution in [0.4, 0.5) is 4.39 Å². The standard InChI is InChI=1S/C10H10BFO4/c1-2-15-10(13)7-4-8-6(3-9(7)12)5-16-11(8)14/h3-4,14H,2,5H2,1H3. The number of fused-ring (bicyclic) bond motifs is 1. The van der Waals surface area contributed by atoms with Crippen molar-refractivity contribution in [3.05, 3.63) is 29.1 Å². The van der Waals surface area contributed by atoms with Gasteiger partial charge in [-0.25, -0.2) is 9.18 Å². The number of rotatable bonds is 2. The first-order valence-corrected chi connectivity index (χ1v) is 4.92. The summed E-state index contributed by atoms with van der Waals surface area (Å²) in [5.74, 6) is -1.39. The van der Waals surface area contributed by atoms with E-state index < -0.39 is 18.9 Å².